The highest BCUT2D eigenvalue weighted by atomic mass is 32.2. The number of aliphatic carboxylic acids is 1. The van der Waals surface area contributed by atoms with Crippen LogP contribution in [0.15, 0.2) is 24.3 Å². The number of carbonyl (C=O) groups excluding carboxylic acids is 1. The maximum absolute atomic E-state index is 11.9. The van der Waals surface area contributed by atoms with E-state index >= 15 is 0 Å². The molecule has 2 N–H and O–H groups in total. The zero-order valence-electron chi connectivity index (χ0n) is 13.8. The maximum Gasteiger partial charge on any atom is 0.309 e. The van der Waals surface area contributed by atoms with Gasteiger partial charge < -0.3 is 10.4 Å². The maximum atomic E-state index is 11.9. The molecule has 0 unspecified atom stereocenters. The van der Waals surface area contributed by atoms with Gasteiger partial charge in [0.25, 0.3) is 0 Å². The predicted molar refractivity (Wildman–Crippen MR) is 88.9 cm³/mol. The molecule has 6 nitrogen and oxygen atoms in total. The Morgan fingerprint density at radius 2 is 1.87 bits per heavy atom. The van der Waals surface area contributed by atoms with E-state index in [2.05, 4.69) is 5.32 Å². The number of nitrogens with one attached hydrogen (secondary N) is 1. The van der Waals surface area contributed by atoms with E-state index in [1.54, 1.807) is 38.1 Å². The first-order valence-corrected chi connectivity index (χ1v) is 8.99. The van der Waals surface area contributed by atoms with Crippen LogP contribution in [0, 0.1) is 5.41 Å². The minimum absolute atomic E-state index is 0.102. The Kier molecular flexibility index (Phi) is 5.93. The summed E-state index contributed by atoms with van der Waals surface area (Å²) in [6.07, 6.45) is -0.170. The Hall–Kier alpha value is -1.89. The second-order valence-electron chi connectivity index (χ2n) is 6.47. The number of benzene rings is 1. The van der Waals surface area contributed by atoms with Crippen molar-refractivity contribution in [1.29, 1.82) is 0 Å². The van der Waals surface area contributed by atoms with Gasteiger partial charge in [-0.15, -0.1) is 0 Å². The summed E-state index contributed by atoms with van der Waals surface area (Å²) in [7, 11) is -3.23. The number of hydrogen-bond donors (Lipinski definition) is 2. The van der Waals surface area contributed by atoms with Crippen molar-refractivity contribution in [2.24, 2.45) is 5.41 Å². The Balaban J connectivity index is 2.82. The molecule has 0 aliphatic heterocycles. The van der Waals surface area contributed by atoms with Crippen molar-refractivity contribution in [3.8, 4) is 0 Å². The molecular formula is C16H23NO5S. The largest absolute Gasteiger partial charge is 0.481 e. The molecule has 23 heavy (non-hydrogen) atoms. The summed E-state index contributed by atoms with van der Waals surface area (Å²) < 4.78 is 23.9. The van der Waals surface area contributed by atoms with Crippen molar-refractivity contribution in [2.45, 2.75) is 45.1 Å². The molecule has 128 valence electrons. The molecule has 0 heterocycles. The van der Waals surface area contributed by atoms with Crippen LogP contribution >= 0.6 is 0 Å². The molecule has 0 radical (unpaired) electrons. The van der Waals surface area contributed by atoms with Gasteiger partial charge in [-0.2, -0.15) is 0 Å². The molecule has 0 aliphatic rings. The third-order valence-corrected chi connectivity index (χ3v) is 5.65. The molecule has 0 aromatic heterocycles. The lowest BCUT2D eigenvalue weighted by atomic mass is 9.89. The van der Waals surface area contributed by atoms with Crippen molar-refractivity contribution in [3.63, 3.8) is 0 Å². The van der Waals surface area contributed by atoms with Gasteiger partial charge in [0.1, 0.15) is 0 Å². The summed E-state index contributed by atoms with van der Waals surface area (Å²) in [5, 5.41) is 11.2. The van der Waals surface area contributed by atoms with Gasteiger partial charge in [0.2, 0.25) is 5.91 Å². The van der Waals surface area contributed by atoms with E-state index in [0.29, 0.717) is 11.3 Å². The van der Waals surface area contributed by atoms with Gasteiger partial charge in [0.05, 0.1) is 16.4 Å². The topological polar surface area (TPSA) is 101 Å². The number of amides is 1. The quantitative estimate of drug-likeness (QED) is 0.793. The van der Waals surface area contributed by atoms with Crippen LogP contribution in [-0.2, 0) is 25.2 Å². The fourth-order valence-corrected chi connectivity index (χ4v) is 2.80. The lowest BCUT2D eigenvalue weighted by molar-refractivity contribution is -0.148. The molecule has 0 saturated carbocycles. The fourth-order valence-electron chi connectivity index (χ4n) is 1.82. The summed E-state index contributed by atoms with van der Waals surface area (Å²) in [6, 6.07) is 6.56. The molecule has 1 rings (SSSR count). The van der Waals surface area contributed by atoms with Crippen LogP contribution in [0.1, 0.15) is 39.7 Å². The first-order valence-electron chi connectivity index (χ1n) is 7.28. The Labute approximate surface area is 136 Å². The highest BCUT2D eigenvalue weighted by Gasteiger charge is 2.30. The normalized spacial score (nSPS) is 12.2. The second-order valence-corrected chi connectivity index (χ2v) is 9.03. The van der Waals surface area contributed by atoms with Gasteiger partial charge in [-0.3, -0.25) is 9.59 Å². The number of carbonyl (C=O) groups is 2. The molecule has 0 atom stereocenters. The molecule has 0 fully saturated rings. The summed E-state index contributed by atoms with van der Waals surface area (Å²) in [5.74, 6) is -1.58. The average Bonchev–Trinajstić information content (AvgIpc) is 2.37. The zero-order valence-corrected chi connectivity index (χ0v) is 14.6. The van der Waals surface area contributed by atoms with Gasteiger partial charge in [-0.1, -0.05) is 12.1 Å². The van der Waals surface area contributed by atoms with Crippen LogP contribution in [0.4, 0.5) is 5.69 Å². The van der Waals surface area contributed by atoms with E-state index in [0.717, 1.165) is 0 Å². The molecule has 1 aromatic rings. The number of hydrogen-bond acceptors (Lipinski definition) is 4. The summed E-state index contributed by atoms with van der Waals surface area (Å²) in [4.78, 5) is 23.0. The Bertz CT molecular complexity index is 692. The van der Waals surface area contributed by atoms with Gasteiger partial charge in [-0.25, -0.2) is 8.42 Å². The number of carboxylic acid groups (broad SMARTS) is 1. The molecule has 1 amide bonds. The summed E-state index contributed by atoms with van der Waals surface area (Å²) >= 11 is 0. The van der Waals surface area contributed by atoms with E-state index in [9.17, 15) is 18.0 Å². The van der Waals surface area contributed by atoms with Crippen LogP contribution in [0.2, 0.25) is 0 Å². The lowest BCUT2D eigenvalue weighted by Crippen LogP contribution is -2.29. The molecule has 0 bridgehead atoms. The SMILES string of the molecule is CC(C)S(=O)(=O)Cc1cccc(NC(=O)CC(C)(C)C(=O)O)c1. The van der Waals surface area contributed by atoms with Crippen LogP contribution in [-0.4, -0.2) is 30.7 Å². The number of anilines is 1. The van der Waals surface area contributed by atoms with E-state index in [4.69, 9.17) is 5.11 Å². The predicted octanol–water partition coefficient (Wildman–Crippen LogP) is 2.45. The highest BCUT2D eigenvalue weighted by molar-refractivity contribution is 7.91. The van der Waals surface area contributed by atoms with Gasteiger partial charge in [0, 0.05) is 12.1 Å². The first kappa shape index (κ1) is 19.2. The summed E-state index contributed by atoms with van der Waals surface area (Å²) in [5.41, 5.74) is -0.135. The number of carboxylic acids is 1. The van der Waals surface area contributed by atoms with Crippen molar-refractivity contribution in [1.82, 2.24) is 0 Å². The average molecular weight is 341 g/mol. The molecule has 7 heteroatoms. The number of rotatable bonds is 7. The van der Waals surface area contributed by atoms with Crippen molar-refractivity contribution >= 4 is 27.4 Å². The highest BCUT2D eigenvalue weighted by Crippen LogP contribution is 2.22. The molecular weight excluding hydrogens is 318 g/mol. The van der Waals surface area contributed by atoms with Crippen LogP contribution in [0.25, 0.3) is 0 Å². The van der Waals surface area contributed by atoms with E-state index in [1.165, 1.54) is 13.8 Å². The van der Waals surface area contributed by atoms with Gasteiger partial charge in [-0.05, 0) is 45.4 Å². The van der Waals surface area contributed by atoms with E-state index in [1.807, 2.05) is 0 Å². The summed E-state index contributed by atoms with van der Waals surface area (Å²) in [6.45, 7) is 6.19. The van der Waals surface area contributed by atoms with Crippen molar-refractivity contribution < 1.29 is 23.1 Å². The van der Waals surface area contributed by atoms with Crippen LogP contribution < -0.4 is 5.32 Å². The molecule has 0 saturated heterocycles. The minimum Gasteiger partial charge on any atom is -0.481 e. The van der Waals surface area contributed by atoms with E-state index in [-0.39, 0.29) is 12.2 Å². The van der Waals surface area contributed by atoms with Gasteiger partial charge in [0.15, 0.2) is 9.84 Å². The third-order valence-electron chi connectivity index (χ3n) is 3.48. The Morgan fingerprint density at radius 3 is 2.39 bits per heavy atom. The van der Waals surface area contributed by atoms with Crippen LogP contribution in [0.5, 0.6) is 0 Å². The molecule has 1 aromatic carbocycles. The lowest BCUT2D eigenvalue weighted by Gasteiger charge is -2.18. The van der Waals surface area contributed by atoms with Gasteiger partial charge >= 0.3 is 5.97 Å². The molecule has 0 spiro atoms. The van der Waals surface area contributed by atoms with Crippen molar-refractivity contribution in [3.05, 3.63) is 29.8 Å². The fraction of sp³-hybridized carbons (Fsp3) is 0.500. The van der Waals surface area contributed by atoms with E-state index < -0.39 is 32.4 Å². The number of sulfone groups is 1. The zero-order chi connectivity index (χ0) is 17.8. The monoisotopic (exact) mass is 341 g/mol. The first-order chi connectivity index (χ1) is 10.4. The Morgan fingerprint density at radius 1 is 1.26 bits per heavy atom. The smallest absolute Gasteiger partial charge is 0.309 e. The van der Waals surface area contributed by atoms with Crippen molar-refractivity contribution in [2.75, 3.05) is 5.32 Å². The molecule has 0 aliphatic carbocycles. The second kappa shape index (κ2) is 7.12. The minimum atomic E-state index is -3.23. The van der Waals surface area contributed by atoms with Crippen LogP contribution in [0.3, 0.4) is 0 Å². The standard InChI is InChI=1S/C16H23NO5S/c1-11(2)23(21,22)10-12-6-5-7-13(8-12)17-14(18)9-16(3,4)15(19)20/h5-8,11H,9-10H2,1-4H3,(H,17,18)(H,19,20). The third kappa shape index (κ3) is 5.67.